The summed E-state index contributed by atoms with van der Waals surface area (Å²) in [5, 5.41) is 0. The van der Waals surface area contributed by atoms with Gasteiger partial charge in [-0.2, -0.15) is 0 Å². The molecule has 0 amide bonds. The molecule has 0 aliphatic carbocycles. The van der Waals surface area contributed by atoms with Gasteiger partial charge in [-0.05, 0) is 0 Å². The summed E-state index contributed by atoms with van der Waals surface area (Å²) in [5.41, 5.74) is 9.81. The van der Waals surface area contributed by atoms with E-state index in [0.717, 1.165) is 0 Å². The van der Waals surface area contributed by atoms with Gasteiger partial charge in [-0.25, -0.2) is 0 Å². The van der Waals surface area contributed by atoms with Crippen LogP contribution in [0.25, 0.3) is 0 Å². The molecule has 6 heavy (non-hydrogen) atoms. The predicted octanol–water partition coefficient (Wildman–Crippen LogP) is -0.409. The fraction of sp³-hybridized carbons (Fsp3) is 1.00. The van der Waals surface area contributed by atoms with Gasteiger partial charge in [0.25, 0.3) is 0 Å². The molecule has 0 saturated heterocycles. The third-order valence-electron chi connectivity index (χ3n) is 0.167. The van der Waals surface area contributed by atoms with Crippen molar-refractivity contribution in [2.24, 2.45) is 11.5 Å². The van der Waals surface area contributed by atoms with Gasteiger partial charge in [0, 0.05) is 13.1 Å². The van der Waals surface area contributed by atoms with E-state index in [1.165, 1.54) is 0 Å². The zero-order valence-electron chi connectivity index (χ0n) is 3.26. The molecule has 2 nitrogen and oxygen atoms in total. The molecule has 0 atom stereocenters. The van der Waals surface area contributed by atoms with Crippen LogP contribution in [-0.4, -0.2) is 13.1 Å². The molecule has 0 aliphatic rings. The Morgan fingerprint density at radius 1 is 1.17 bits per heavy atom. The summed E-state index contributed by atoms with van der Waals surface area (Å²) >= 11 is 2.22. The van der Waals surface area contributed by atoms with Crippen molar-refractivity contribution in [2.45, 2.75) is 0 Å². The third kappa shape index (κ3) is 20.8. The molecule has 43 valence electrons. The first-order chi connectivity index (χ1) is 2.91. The Labute approximate surface area is 52.6 Å². The molecular formula is C2H8ClN2Pd. The second-order valence-corrected chi connectivity index (χ2v) is 0.577. The van der Waals surface area contributed by atoms with Crippen molar-refractivity contribution in [3.05, 3.63) is 0 Å². The minimum atomic E-state index is 0.597. The number of rotatable bonds is 1. The Bertz CT molecular complexity index is 13.5. The molecule has 0 aromatic carbocycles. The SMILES string of the molecule is NCCN.[Cl][Pd]. The van der Waals surface area contributed by atoms with Crippen LogP contribution in [0.1, 0.15) is 0 Å². The summed E-state index contributed by atoms with van der Waals surface area (Å²) < 4.78 is 0. The quantitative estimate of drug-likeness (QED) is 0.568. The first-order valence-corrected chi connectivity index (χ1v) is 3.44. The first kappa shape index (κ1) is 9.98. The Morgan fingerprint density at radius 2 is 1.33 bits per heavy atom. The van der Waals surface area contributed by atoms with Gasteiger partial charge in [0.15, 0.2) is 0 Å². The Balaban J connectivity index is 0. The standard InChI is InChI=1S/C2H8N2.ClH.Pd/c3-1-2-4;;/h1-4H2;1H;/q;;+1/p-1. The predicted molar refractivity (Wildman–Crippen MR) is 24.0 cm³/mol. The molecule has 0 radical (unpaired) electrons. The average Bonchev–Trinajstić information content (AvgIpc) is 1.72. The molecule has 0 fully saturated rings. The van der Waals surface area contributed by atoms with Gasteiger partial charge >= 0.3 is 27.7 Å². The fourth-order valence-electron chi connectivity index (χ4n) is 0. The van der Waals surface area contributed by atoms with Gasteiger partial charge in [0.1, 0.15) is 0 Å². The molecule has 0 spiro atoms. The zero-order chi connectivity index (χ0) is 5.41. The number of hydrogen-bond acceptors (Lipinski definition) is 2. The van der Waals surface area contributed by atoms with E-state index in [9.17, 15) is 0 Å². The fourth-order valence-corrected chi connectivity index (χ4v) is 0. The van der Waals surface area contributed by atoms with E-state index in [1.807, 2.05) is 0 Å². The molecule has 0 aliphatic heterocycles. The number of halogens is 1. The van der Waals surface area contributed by atoms with Crippen LogP contribution < -0.4 is 11.5 Å². The van der Waals surface area contributed by atoms with Gasteiger partial charge in [0.2, 0.25) is 0 Å². The molecule has 0 rings (SSSR count). The second kappa shape index (κ2) is 16.9. The summed E-state index contributed by atoms with van der Waals surface area (Å²) in [5.74, 6) is 0. The Kier molecular flexibility index (Phi) is 28.1. The van der Waals surface area contributed by atoms with Crippen molar-refractivity contribution in [1.82, 2.24) is 0 Å². The van der Waals surface area contributed by atoms with Crippen LogP contribution in [0, 0.1) is 0 Å². The van der Waals surface area contributed by atoms with Crippen LogP contribution in [0.4, 0.5) is 0 Å². The molecule has 0 aromatic rings. The number of nitrogens with two attached hydrogens (primary N) is 2. The molecule has 4 heteroatoms. The molecule has 0 saturated carbocycles. The molecular weight excluding hydrogens is 194 g/mol. The molecule has 0 aromatic heterocycles. The van der Waals surface area contributed by atoms with E-state index in [4.69, 9.17) is 11.5 Å². The van der Waals surface area contributed by atoms with Gasteiger partial charge < -0.3 is 11.5 Å². The second-order valence-electron chi connectivity index (χ2n) is 0.577. The van der Waals surface area contributed by atoms with Crippen molar-refractivity contribution < 1.29 is 18.2 Å². The number of hydrogen-bond donors (Lipinski definition) is 2. The minimum absolute atomic E-state index is 0.597. The Hall–Kier alpha value is 0.872. The van der Waals surface area contributed by atoms with Crippen LogP contribution in [0.2, 0.25) is 0 Å². The third-order valence-corrected chi connectivity index (χ3v) is 0.167. The summed E-state index contributed by atoms with van der Waals surface area (Å²) in [4.78, 5) is 0. The van der Waals surface area contributed by atoms with Crippen LogP contribution >= 0.6 is 9.53 Å². The van der Waals surface area contributed by atoms with E-state index in [2.05, 4.69) is 27.7 Å². The molecule has 4 N–H and O–H groups in total. The monoisotopic (exact) mass is 201 g/mol. The van der Waals surface area contributed by atoms with Crippen molar-refractivity contribution in [3.63, 3.8) is 0 Å². The molecule has 0 unspecified atom stereocenters. The maximum absolute atomic E-state index is 4.90. The normalized spacial score (nSPS) is 6.17. The first-order valence-electron chi connectivity index (χ1n) is 1.44. The van der Waals surface area contributed by atoms with E-state index in [-0.39, 0.29) is 0 Å². The van der Waals surface area contributed by atoms with E-state index < -0.39 is 0 Å². The summed E-state index contributed by atoms with van der Waals surface area (Å²) in [7, 11) is 4.49. The summed E-state index contributed by atoms with van der Waals surface area (Å²) in [6, 6.07) is 0. The van der Waals surface area contributed by atoms with E-state index in [0.29, 0.717) is 13.1 Å². The van der Waals surface area contributed by atoms with Crippen molar-refractivity contribution in [2.75, 3.05) is 13.1 Å². The topological polar surface area (TPSA) is 52.0 Å². The van der Waals surface area contributed by atoms with Crippen LogP contribution in [0.15, 0.2) is 0 Å². The van der Waals surface area contributed by atoms with Crippen LogP contribution in [0.5, 0.6) is 0 Å². The molecule has 0 heterocycles. The van der Waals surface area contributed by atoms with Crippen molar-refractivity contribution in [1.29, 1.82) is 0 Å². The van der Waals surface area contributed by atoms with Crippen molar-refractivity contribution in [3.8, 4) is 0 Å². The molecule has 0 bridgehead atoms. The van der Waals surface area contributed by atoms with Crippen molar-refractivity contribution >= 4 is 9.53 Å². The van der Waals surface area contributed by atoms with Crippen LogP contribution in [0.3, 0.4) is 0 Å². The van der Waals surface area contributed by atoms with Gasteiger partial charge in [-0.3, -0.25) is 0 Å². The van der Waals surface area contributed by atoms with Gasteiger partial charge in [-0.15, -0.1) is 0 Å². The van der Waals surface area contributed by atoms with Gasteiger partial charge in [0.05, 0.1) is 0 Å². The summed E-state index contributed by atoms with van der Waals surface area (Å²) in [6.45, 7) is 1.19. The zero-order valence-corrected chi connectivity index (χ0v) is 5.57. The summed E-state index contributed by atoms with van der Waals surface area (Å²) in [6.07, 6.45) is 0. The van der Waals surface area contributed by atoms with Crippen LogP contribution in [-0.2, 0) is 18.2 Å². The van der Waals surface area contributed by atoms with E-state index >= 15 is 0 Å². The maximum atomic E-state index is 4.90. The Morgan fingerprint density at radius 3 is 1.33 bits per heavy atom. The van der Waals surface area contributed by atoms with E-state index in [1.54, 1.807) is 0 Å². The average molecular weight is 202 g/mol. The van der Waals surface area contributed by atoms with Gasteiger partial charge in [-0.1, -0.05) is 0 Å².